The maximum absolute atomic E-state index is 12.1. The highest BCUT2D eigenvalue weighted by atomic mass is 16.2. The Bertz CT molecular complexity index is 315. The molecule has 0 radical (unpaired) electrons. The summed E-state index contributed by atoms with van der Waals surface area (Å²) in [7, 11) is 0. The highest BCUT2D eigenvalue weighted by Gasteiger charge is 2.23. The minimum atomic E-state index is -0.669. The van der Waals surface area contributed by atoms with Gasteiger partial charge in [-0.05, 0) is 19.8 Å². The highest BCUT2D eigenvalue weighted by molar-refractivity contribution is 5.88. The van der Waals surface area contributed by atoms with Gasteiger partial charge in [-0.25, -0.2) is 0 Å². The Kier molecular flexibility index (Phi) is 7.74. The van der Waals surface area contributed by atoms with Crippen molar-refractivity contribution in [2.75, 3.05) is 13.1 Å². The third-order valence-corrected chi connectivity index (χ3v) is 2.72. The average molecular weight is 272 g/mol. The first kappa shape index (κ1) is 17.4. The summed E-state index contributed by atoms with van der Waals surface area (Å²) in [4.78, 5) is 34.9. The van der Waals surface area contributed by atoms with Gasteiger partial charge >= 0.3 is 0 Å². The van der Waals surface area contributed by atoms with E-state index in [2.05, 4.69) is 0 Å². The minimum absolute atomic E-state index is 0.0923. The van der Waals surface area contributed by atoms with Crippen LogP contribution in [0.3, 0.4) is 0 Å². The fourth-order valence-corrected chi connectivity index (χ4v) is 1.77. The van der Waals surface area contributed by atoms with Gasteiger partial charge in [-0.15, -0.1) is 0 Å². The summed E-state index contributed by atoms with van der Waals surface area (Å²) in [6, 6.07) is 0.0923. The van der Waals surface area contributed by atoms with Crippen molar-refractivity contribution >= 4 is 17.7 Å². The molecule has 0 aromatic heterocycles. The van der Waals surface area contributed by atoms with Crippen molar-refractivity contribution in [3.05, 3.63) is 0 Å². The number of amides is 3. The molecule has 0 saturated heterocycles. The van der Waals surface area contributed by atoms with Gasteiger partial charge < -0.3 is 22.1 Å². The summed E-state index contributed by atoms with van der Waals surface area (Å²) in [5.74, 6) is -1.92. The monoisotopic (exact) mass is 272 g/mol. The van der Waals surface area contributed by atoms with E-state index in [1.165, 1.54) is 0 Å². The van der Waals surface area contributed by atoms with Gasteiger partial charge in [-0.1, -0.05) is 13.3 Å². The molecular weight excluding hydrogens is 248 g/mol. The number of carbonyl (C=O) groups excluding carboxylic acids is 3. The molecule has 7 nitrogen and oxygen atoms in total. The quantitative estimate of drug-likeness (QED) is 0.493. The zero-order chi connectivity index (χ0) is 15.0. The Morgan fingerprint density at radius 1 is 1.00 bits per heavy atom. The fourth-order valence-electron chi connectivity index (χ4n) is 1.77. The van der Waals surface area contributed by atoms with E-state index in [9.17, 15) is 14.4 Å². The Labute approximate surface area is 113 Å². The second-order valence-corrected chi connectivity index (χ2v) is 4.94. The minimum Gasteiger partial charge on any atom is -0.368 e. The molecule has 0 saturated carbocycles. The van der Waals surface area contributed by atoms with Crippen molar-refractivity contribution < 1.29 is 14.4 Å². The standard InChI is InChI=1S/C12H24N4O3/c1-8(4-3-5-9(2)13)12(19)16(6-10(14)17)7-11(15)18/h8-9H,3-7,13H2,1-2H3,(H2,14,17)(H2,15,18). The van der Waals surface area contributed by atoms with E-state index in [-0.39, 0.29) is 31.0 Å². The second-order valence-electron chi connectivity index (χ2n) is 4.94. The van der Waals surface area contributed by atoms with E-state index < -0.39 is 11.8 Å². The third kappa shape index (κ3) is 8.15. The lowest BCUT2D eigenvalue weighted by molar-refractivity contribution is -0.141. The van der Waals surface area contributed by atoms with Crippen LogP contribution in [-0.4, -0.2) is 41.8 Å². The molecule has 0 aliphatic rings. The third-order valence-electron chi connectivity index (χ3n) is 2.72. The van der Waals surface area contributed by atoms with Crippen LogP contribution in [0.1, 0.15) is 33.1 Å². The van der Waals surface area contributed by atoms with Crippen LogP contribution in [0.2, 0.25) is 0 Å². The largest absolute Gasteiger partial charge is 0.368 e. The molecule has 0 bridgehead atoms. The Morgan fingerprint density at radius 2 is 1.47 bits per heavy atom. The Morgan fingerprint density at radius 3 is 1.84 bits per heavy atom. The number of rotatable bonds is 9. The number of hydrogen-bond donors (Lipinski definition) is 3. The molecule has 0 fully saturated rings. The molecule has 2 unspecified atom stereocenters. The predicted molar refractivity (Wildman–Crippen MR) is 71.6 cm³/mol. The summed E-state index contributed by atoms with van der Waals surface area (Å²) < 4.78 is 0. The molecular formula is C12H24N4O3. The van der Waals surface area contributed by atoms with Gasteiger partial charge in [0.15, 0.2) is 0 Å². The lowest BCUT2D eigenvalue weighted by atomic mass is 10.0. The molecule has 6 N–H and O–H groups in total. The average Bonchev–Trinajstić information content (AvgIpc) is 2.25. The van der Waals surface area contributed by atoms with Crippen molar-refractivity contribution in [2.45, 2.75) is 39.2 Å². The van der Waals surface area contributed by atoms with Gasteiger partial charge in [0.05, 0.1) is 13.1 Å². The molecule has 0 aromatic carbocycles. The molecule has 0 aliphatic heterocycles. The van der Waals surface area contributed by atoms with Gasteiger partial charge in [-0.3, -0.25) is 14.4 Å². The Balaban J connectivity index is 4.42. The van der Waals surface area contributed by atoms with Gasteiger partial charge in [0.25, 0.3) is 0 Å². The first-order valence-electron chi connectivity index (χ1n) is 6.35. The van der Waals surface area contributed by atoms with E-state index in [0.717, 1.165) is 17.7 Å². The van der Waals surface area contributed by atoms with Gasteiger partial charge in [0, 0.05) is 12.0 Å². The zero-order valence-corrected chi connectivity index (χ0v) is 11.6. The fraction of sp³-hybridized carbons (Fsp3) is 0.750. The Hall–Kier alpha value is -1.63. The molecule has 3 amide bonds. The summed E-state index contributed by atoms with van der Waals surface area (Å²) >= 11 is 0. The number of nitrogens with two attached hydrogens (primary N) is 3. The SMILES string of the molecule is CC(N)CCCC(C)C(=O)N(CC(N)=O)CC(N)=O. The molecule has 7 heteroatoms. The molecule has 2 atom stereocenters. The van der Waals surface area contributed by atoms with Crippen LogP contribution in [0.25, 0.3) is 0 Å². The molecule has 0 spiro atoms. The number of hydrogen-bond acceptors (Lipinski definition) is 4. The van der Waals surface area contributed by atoms with Crippen molar-refractivity contribution in [2.24, 2.45) is 23.1 Å². The van der Waals surface area contributed by atoms with Crippen molar-refractivity contribution in [1.29, 1.82) is 0 Å². The maximum atomic E-state index is 12.1. The first-order chi connectivity index (χ1) is 8.73. The van der Waals surface area contributed by atoms with E-state index >= 15 is 0 Å². The van der Waals surface area contributed by atoms with Gasteiger partial charge in [0.1, 0.15) is 0 Å². The van der Waals surface area contributed by atoms with E-state index in [1.54, 1.807) is 6.92 Å². The molecule has 19 heavy (non-hydrogen) atoms. The van der Waals surface area contributed by atoms with Crippen LogP contribution in [0.4, 0.5) is 0 Å². The lowest BCUT2D eigenvalue weighted by Gasteiger charge is -2.23. The smallest absolute Gasteiger partial charge is 0.237 e. The van der Waals surface area contributed by atoms with Gasteiger partial charge in [-0.2, -0.15) is 0 Å². The normalized spacial score (nSPS) is 13.6. The van der Waals surface area contributed by atoms with Crippen molar-refractivity contribution in [3.63, 3.8) is 0 Å². The summed E-state index contributed by atoms with van der Waals surface area (Å²) in [5, 5.41) is 0. The molecule has 0 heterocycles. The van der Waals surface area contributed by atoms with Crippen molar-refractivity contribution in [3.8, 4) is 0 Å². The second kappa shape index (κ2) is 8.47. The number of nitrogens with zero attached hydrogens (tertiary/aromatic N) is 1. The van der Waals surface area contributed by atoms with Crippen LogP contribution in [-0.2, 0) is 14.4 Å². The van der Waals surface area contributed by atoms with Crippen LogP contribution >= 0.6 is 0 Å². The highest BCUT2D eigenvalue weighted by Crippen LogP contribution is 2.12. The molecule has 0 aliphatic carbocycles. The number of primary amides is 2. The number of carbonyl (C=O) groups is 3. The first-order valence-corrected chi connectivity index (χ1v) is 6.35. The summed E-state index contributed by atoms with van der Waals surface area (Å²) in [6.45, 7) is 3.07. The molecule has 0 rings (SSSR count). The van der Waals surface area contributed by atoms with Crippen LogP contribution in [0.5, 0.6) is 0 Å². The molecule has 110 valence electrons. The predicted octanol–water partition coefficient (Wildman–Crippen LogP) is -1.06. The maximum Gasteiger partial charge on any atom is 0.237 e. The van der Waals surface area contributed by atoms with Crippen LogP contribution in [0.15, 0.2) is 0 Å². The van der Waals surface area contributed by atoms with E-state index in [1.807, 2.05) is 6.92 Å². The lowest BCUT2D eigenvalue weighted by Crippen LogP contribution is -2.45. The van der Waals surface area contributed by atoms with E-state index in [4.69, 9.17) is 17.2 Å². The van der Waals surface area contributed by atoms with Gasteiger partial charge in [0.2, 0.25) is 17.7 Å². The summed E-state index contributed by atoms with van der Waals surface area (Å²) in [6.07, 6.45) is 2.28. The van der Waals surface area contributed by atoms with Crippen LogP contribution < -0.4 is 17.2 Å². The topological polar surface area (TPSA) is 133 Å². The van der Waals surface area contributed by atoms with Crippen LogP contribution in [0, 0.1) is 5.92 Å². The zero-order valence-electron chi connectivity index (χ0n) is 11.6. The molecule has 0 aromatic rings. The summed E-state index contributed by atoms with van der Waals surface area (Å²) in [5.41, 5.74) is 15.7. The van der Waals surface area contributed by atoms with Crippen molar-refractivity contribution in [1.82, 2.24) is 4.90 Å². The van der Waals surface area contributed by atoms with E-state index in [0.29, 0.717) is 6.42 Å².